The van der Waals surface area contributed by atoms with Crippen LogP contribution in [0.25, 0.3) is 0 Å². The highest BCUT2D eigenvalue weighted by molar-refractivity contribution is 4.97. The van der Waals surface area contributed by atoms with Crippen LogP contribution in [0.5, 0.6) is 0 Å². The summed E-state index contributed by atoms with van der Waals surface area (Å²) in [7, 11) is 0. The van der Waals surface area contributed by atoms with Gasteiger partial charge in [-0.25, -0.2) is 4.39 Å². The Bertz CT molecular complexity index is 220. The predicted octanol–water partition coefficient (Wildman–Crippen LogP) is 6.93. The van der Waals surface area contributed by atoms with E-state index in [9.17, 15) is 0 Å². The summed E-state index contributed by atoms with van der Waals surface area (Å²) in [5.41, 5.74) is -1.07. The zero-order valence-corrected chi connectivity index (χ0v) is 14.3. The van der Waals surface area contributed by atoms with Gasteiger partial charge in [0.2, 0.25) is 0 Å². The summed E-state index contributed by atoms with van der Waals surface area (Å²) in [5.74, 6) is 0.651. The van der Waals surface area contributed by atoms with Gasteiger partial charge in [0.25, 0.3) is 0 Å². The number of unbranched alkanes of at least 4 members (excludes halogenated alkanes) is 1. The van der Waals surface area contributed by atoms with E-state index in [0.29, 0.717) is 12.3 Å². The number of rotatable bonds is 11. The Kier molecular flexibility index (Phi) is 8.94. The minimum Gasteiger partial charge on any atom is -0.243 e. The lowest BCUT2D eigenvalue weighted by molar-refractivity contribution is -0.0450. The van der Waals surface area contributed by atoms with Crippen LogP contribution >= 0.6 is 0 Å². The van der Waals surface area contributed by atoms with Crippen molar-refractivity contribution in [3.63, 3.8) is 0 Å². The Labute approximate surface area is 121 Å². The van der Waals surface area contributed by atoms with Crippen molar-refractivity contribution < 1.29 is 4.39 Å². The van der Waals surface area contributed by atoms with E-state index < -0.39 is 5.67 Å². The number of halogens is 1. The lowest BCUT2D eigenvalue weighted by Crippen LogP contribution is -2.45. The van der Waals surface area contributed by atoms with Gasteiger partial charge in [-0.3, -0.25) is 0 Å². The van der Waals surface area contributed by atoms with Crippen molar-refractivity contribution in [2.45, 2.75) is 105 Å². The van der Waals surface area contributed by atoms with Crippen LogP contribution in [0.1, 0.15) is 99.3 Å². The predicted molar refractivity (Wildman–Crippen MR) is 85.4 cm³/mol. The highest BCUT2D eigenvalue weighted by Gasteiger charge is 2.48. The van der Waals surface area contributed by atoms with E-state index in [4.69, 9.17) is 0 Å². The summed E-state index contributed by atoms with van der Waals surface area (Å²) in [6.45, 7) is 13.1. The molecule has 0 bridgehead atoms. The average Bonchev–Trinajstić information content (AvgIpc) is 2.42. The van der Waals surface area contributed by atoms with E-state index in [2.05, 4.69) is 34.6 Å². The molecule has 2 unspecified atom stereocenters. The van der Waals surface area contributed by atoms with Gasteiger partial charge in [0.15, 0.2) is 0 Å². The van der Waals surface area contributed by atoms with Gasteiger partial charge in [-0.1, -0.05) is 67.2 Å². The third-order valence-corrected chi connectivity index (χ3v) is 5.30. The minimum absolute atomic E-state index is 0.106. The Hall–Kier alpha value is -0.0700. The molecule has 0 aliphatic heterocycles. The molecule has 116 valence electrons. The molecule has 0 radical (unpaired) electrons. The van der Waals surface area contributed by atoms with Gasteiger partial charge in [-0.15, -0.1) is 0 Å². The number of hydrogen-bond donors (Lipinski definition) is 0. The van der Waals surface area contributed by atoms with Gasteiger partial charge >= 0.3 is 0 Å². The van der Waals surface area contributed by atoms with Gasteiger partial charge < -0.3 is 0 Å². The Morgan fingerprint density at radius 2 is 1.47 bits per heavy atom. The SMILES string of the molecule is CCCCC(C)CC(CC)(CC)C(F)(CC)CCC. The second kappa shape index (κ2) is 8.97. The van der Waals surface area contributed by atoms with Gasteiger partial charge in [0.1, 0.15) is 5.67 Å². The molecule has 0 saturated carbocycles. The van der Waals surface area contributed by atoms with Crippen molar-refractivity contribution >= 4 is 0 Å². The fourth-order valence-electron chi connectivity index (χ4n) is 3.89. The highest BCUT2D eigenvalue weighted by Crippen LogP contribution is 2.50. The first kappa shape index (κ1) is 18.9. The Balaban J connectivity index is 5.00. The van der Waals surface area contributed by atoms with Crippen LogP contribution < -0.4 is 0 Å². The maximum atomic E-state index is 15.5. The zero-order chi connectivity index (χ0) is 14.9. The standard InChI is InChI=1S/C18H37F/c1-7-12-13-16(6)15-17(9-3,10-4)18(19,11-5)14-8-2/h16H,7-15H2,1-6H3. The molecule has 0 heterocycles. The van der Waals surface area contributed by atoms with Gasteiger partial charge in [-0.2, -0.15) is 0 Å². The van der Waals surface area contributed by atoms with Gasteiger partial charge in [0, 0.05) is 5.41 Å². The van der Waals surface area contributed by atoms with Crippen LogP contribution in [0.3, 0.4) is 0 Å². The van der Waals surface area contributed by atoms with E-state index in [-0.39, 0.29) is 5.41 Å². The first-order valence-electron chi connectivity index (χ1n) is 8.64. The number of hydrogen-bond acceptors (Lipinski definition) is 0. The van der Waals surface area contributed by atoms with Crippen LogP contribution in [0.2, 0.25) is 0 Å². The molecule has 0 nitrogen and oxygen atoms in total. The lowest BCUT2D eigenvalue weighted by Gasteiger charge is -2.46. The van der Waals surface area contributed by atoms with E-state index in [1.54, 1.807) is 0 Å². The molecule has 0 fully saturated rings. The van der Waals surface area contributed by atoms with Crippen LogP contribution in [-0.2, 0) is 0 Å². The molecule has 1 heteroatoms. The molecule has 0 aromatic carbocycles. The molecule has 0 aliphatic rings. The van der Waals surface area contributed by atoms with Crippen LogP contribution in [0.4, 0.5) is 4.39 Å². The summed E-state index contributed by atoms with van der Waals surface area (Å²) in [6.07, 6.45) is 9.15. The third kappa shape index (κ3) is 4.76. The molecule has 0 spiro atoms. The maximum Gasteiger partial charge on any atom is 0.116 e. The van der Waals surface area contributed by atoms with Crippen molar-refractivity contribution in [3.8, 4) is 0 Å². The zero-order valence-electron chi connectivity index (χ0n) is 14.3. The second-order valence-corrected chi connectivity index (χ2v) is 6.51. The lowest BCUT2D eigenvalue weighted by atomic mass is 9.62. The molecule has 2 atom stereocenters. The third-order valence-electron chi connectivity index (χ3n) is 5.30. The first-order valence-corrected chi connectivity index (χ1v) is 8.64. The van der Waals surface area contributed by atoms with Gasteiger partial charge in [0.05, 0.1) is 0 Å². The molecule has 0 amide bonds. The van der Waals surface area contributed by atoms with Crippen molar-refractivity contribution in [1.29, 1.82) is 0 Å². The van der Waals surface area contributed by atoms with Crippen LogP contribution in [0.15, 0.2) is 0 Å². The second-order valence-electron chi connectivity index (χ2n) is 6.51. The smallest absolute Gasteiger partial charge is 0.116 e. The van der Waals surface area contributed by atoms with E-state index in [0.717, 1.165) is 32.1 Å². The Morgan fingerprint density at radius 3 is 1.84 bits per heavy atom. The molecular weight excluding hydrogens is 235 g/mol. The molecule has 0 rings (SSSR count). The fourth-order valence-corrected chi connectivity index (χ4v) is 3.89. The van der Waals surface area contributed by atoms with Crippen molar-refractivity contribution in [2.75, 3.05) is 0 Å². The molecular formula is C18H37F. The van der Waals surface area contributed by atoms with Crippen molar-refractivity contribution in [3.05, 3.63) is 0 Å². The molecule has 0 N–H and O–H groups in total. The molecule has 0 aliphatic carbocycles. The topological polar surface area (TPSA) is 0 Å². The van der Waals surface area contributed by atoms with Crippen LogP contribution in [0, 0.1) is 11.3 Å². The van der Waals surface area contributed by atoms with Gasteiger partial charge in [-0.05, 0) is 38.0 Å². The fraction of sp³-hybridized carbons (Fsp3) is 1.00. The molecule has 0 aromatic heterocycles. The van der Waals surface area contributed by atoms with E-state index >= 15 is 4.39 Å². The summed E-state index contributed by atoms with van der Waals surface area (Å²) in [6, 6.07) is 0. The number of alkyl halides is 1. The summed E-state index contributed by atoms with van der Waals surface area (Å²) in [4.78, 5) is 0. The normalized spacial score (nSPS) is 17.2. The largest absolute Gasteiger partial charge is 0.243 e. The summed E-state index contributed by atoms with van der Waals surface area (Å²) >= 11 is 0. The average molecular weight is 272 g/mol. The molecule has 19 heavy (non-hydrogen) atoms. The quantitative estimate of drug-likeness (QED) is 0.382. The van der Waals surface area contributed by atoms with Crippen molar-refractivity contribution in [1.82, 2.24) is 0 Å². The van der Waals surface area contributed by atoms with E-state index in [1.807, 2.05) is 6.92 Å². The van der Waals surface area contributed by atoms with E-state index in [1.165, 1.54) is 19.3 Å². The Morgan fingerprint density at radius 1 is 0.895 bits per heavy atom. The maximum absolute atomic E-state index is 15.5. The van der Waals surface area contributed by atoms with Crippen LogP contribution in [-0.4, -0.2) is 5.67 Å². The van der Waals surface area contributed by atoms with Crippen molar-refractivity contribution in [2.24, 2.45) is 11.3 Å². The summed E-state index contributed by atoms with van der Waals surface area (Å²) < 4.78 is 15.5. The monoisotopic (exact) mass is 272 g/mol. The first-order chi connectivity index (χ1) is 8.95. The molecule has 0 saturated heterocycles. The highest BCUT2D eigenvalue weighted by atomic mass is 19.1. The minimum atomic E-state index is -0.967. The molecule has 0 aromatic rings. The summed E-state index contributed by atoms with van der Waals surface area (Å²) in [5, 5.41) is 0.